The maximum atomic E-state index is 13.2. The molecule has 1 aliphatic rings. The van der Waals surface area contributed by atoms with E-state index in [4.69, 9.17) is 9.15 Å². The van der Waals surface area contributed by atoms with E-state index in [2.05, 4.69) is 10.3 Å². The van der Waals surface area contributed by atoms with Crippen LogP contribution >= 0.6 is 11.3 Å². The van der Waals surface area contributed by atoms with Gasteiger partial charge in [0.05, 0.1) is 17.5 Å². The Balaban J connectivity index is 1.37. The smallest absolute Gasteiger partial charge is 0.232 e. The maximum Gasteiger partial charge on any atom is 0.232 e. The molecule has 2 aromatic carbocycles. The third-order valence-corrected chi connectivity index (χ3v) is 5.69. The molecule has 0 saturated carbocycles. The lowest BCUT2D eigenvalue weighted by Gasteiger charge is -2.27. The Bertz CT molecular complexity index is 1150. The average Bonchev–Trinajstić information content (AvgIpc) is 3.39. The number of fused-ring (bicyclic) bond motifs is 2. The molecule has 3 heterocycles. The van der Waals surface area contributed by atoms with E-state index in [9.17, 15) is 4.79 Å². The molecule has 0 radical (unpaired) electrons. The molecular weight excluding hydrogens is 384 g/mol. The van der Waals surface area contributed by atoms with Crippen LogP contribution in [0.1, 0.15) is 27.8 Å². The van der Waals surface area contributed by atoms with E-state index in [1.54, 1.807) is 11.3 Å². The Labute approximate surface area is 172 Å². The molecule has 4 aromatic rings. The molecule has 1 amide bonds. The third-order valence-electron chi connectivity index (χ3n) is 4.91. The molecule has 29 heavy (non-hydrogen) atoms. The molecule has 0 aliphatic carbocycles. The molecule has 0 bridgehead atoms. The summed E-state index contributed by atoms with van der Waals surface area (Å²) in [4.78, 5) is 17.6. The topological polar surface area (TPSA) is 64.4 Å². The van der Waals surface area contributed by atoms with Gasteiger partial charge in [-0.1, -0.05) is 36.4 Å². The van der Waals surface area contributed by atoms with E-state index in [1.807, 2.05) is 73.0 Å². The number of rotatable bonds is 4. The number of furan rings is 1. The van der Waals surface area contributed by atoms with Gasteiger partial charge in [0.1, 0.15) is 23.0 Å². The Morgan fingerprint density at radius 3 is 2.38 bits per heavy atom. The zero-order valence-electron chi connectivity index (χ0n) is 15.7. The number of benzene rings is 2. The molecule has 0 unspecified atom stereocenters. The summed E-state index contributed by atoms with van der Waals surface area (Å²) in [5, 5.41) is 5.97. The summed E-state index contributed by atoms with van der Waals surface area (Å²) in [6.45, 7) is 2.27. The third kappa shape index (κ3) is 3.32. The molecule has 0 fully saturated rings. The van der Waals surface area contributed by atoms with Crippen molar-refractivity contribution in [3.05, 3.63) is 87.9 Å². The number of nitrogens with zero attached hydrogens (tertiary/aromatic N) is 1. The molecular formula is C23H18N2O3S. The van der Waals surface area contributed by atoms with Gasteiger partial charge in [-0.05, 0) is 31.2 Å². The summed E-state index contributed by atoms with van der Waals surface area (Å²) < 4.78 is 11.8. The second-order valence-electron chi connectivity index (χ2n) is 6.85. The van der Waals surface area contributed by atoms with Crippen LogP contribution in [0.2, 0.25) is 0 Å². The van der Waals surface area contributed by atoms with Crippen molar-refractivity contribution >= 4 is 17.2 Å². The molecule has 0 atom stereocenters. The number of hydrogen-bond acceptors (Lipinski definition) is 5. The Morgan fingerprint density at radius 1 is 1.03 bits per heavy atom. The van der Waals surface area contributed by atoms with Crippen LogP contribution in [-0.2, 0) is 11.3 Å². The Hall–Kier alpha value is -3.38. The quantitative estimate of drug-likeness (QED) is 0.505. The van der Waals surface area contributed by atoms with E-state index in [0.717, 1.165) is 21.8 Å². The first-order valence-corrected chi connectivity index (χ1v) is 10.2. The lowest BCUT2D eigenvalue weighted by Crippen LogP contribution is -2.31. The number of amides is 1. The molecule has 6 heteroatoms. The fourth-order valence-electron chi connectivity index (χ4n) is 3.56. The maximum absolute atomic E-state index is 13.2. The van der Waals surface area contributed by atoms with Crippen molar-refractivity contribution in [3.8, 4) is 23.0 Å². The van der Waals surface area contributed by atoms with Crippen molar-refractivity contribution in [2.24, 2.45) is 0 Å². The summed E-state index contributed by atoms with van der Waals surface area (Å²) in [6.07, 6.45) is 0. The standard InChI is InChI=1S/C23H18N2O3S/c1-14-25-18(13-29-14)21-11-10-15(27-21)12-24-23(26)22-16-6-2-4-8-19(16)28-20-9-5-3-7-17(20)22/h2-11,13,22H,12H2,1H3,(H,24,26). The van der Waals surface area contributed by atoms with Gasteiger partial charge in [-0.2, -0.15) is 0 Å². The predicted molar refractivity (Wildman–Crippen MR) is 111 cm³/mol. The highest BCUT2D eigenvalue weighted by Gasteiger charge is 2.32. The normalized spacial score (nSPS) is 12.7. The van der Waals surface area contributed by atoms with Gasteiger partial charge in [-0.15, -0.1) is 11.3 Å². The fourth-order valence-corrected chi connectivity index (χ4v) is 4.16. The van der Waals surface area contributed by atoms with Gasteiger partial charge < -0.3 is 14.5 Å². The number of hydrogen-bond donors (Lipinski definition) is 1. The first-order valence-electron chi connectivity index (χ1n) is 9.33. The van der Waals surface area contributed by atoms with E-state index in [0.29, 0.717) is 29.6 Å². The van der Waals surface area contributed by atoms with Gasteiger partial charge in [-0.3, -0.25) is 4.79 Å². The molecule has 2 aromatic heterocycles. The van der Waals surface area contributed by atoms with Gasteiger partial charge in [0.15, 0.2) is 5.76 Å². The average molecular weight is 402 g/mol. The first-order chi connectivity index (χ1) is 14.2. The molecule has 0 saturated heterocycles. The zero-order valence-corrected chi connectivity index (χ0v) is 16.5. The summed E-state index contributed by atoms with van der Waals surface area (Å²) in [5.74, 6) is 2.31. The van der Waals surface area contributed by atoms with Crippen LogP contribution in [0.5, 0.6) is 11.5 Å². The van der Waals surface area contributed by atoms with Crippen LogP contribution < -0.4 is 10.1 Å². The second kappa shape index (κ2) is 7.22. The molecule has 5 nitrogen and oxygen atoms in total. The molecule has 144 valence electrons. The number of thiazole rings is 1. The van der Waals surface area contributed by atoms with Crippen LogP contribution in [-0.4, -0.2) is 10.9 Å². The van der Waals surface area contributed by atoms with Crippen LogP contribution in [0.15, 0.2) is 70.5 Å². The molecule has 1 N–H and O–H groups in total. The number of aromatic nitrogens is 1. The molecule has 0 spiro atoms. The molecule has 5 rings (SSSR count). The van der Waals surface area contributed by atoms with E-state index in [1.165, 1.54) is 0 Å². The monoisotopic (exact) mass is 402 g/mol. The summed E-state index contributed by atoms with van der Waals surface area (Å²) in [5.41, 5.74) is 2.54. The van der Waals surface area contributed by atoms with Gasteiger partial charge in [0.2, 0.25) is 5.91 Å². The van der Waals surface area contributed by atoms with Crippen LogP contribution in [0.3, 0.4) is 0 Å². The number of carbonyl (C=O) groups is 1. The highest BCUT2D eigenvalue weighted by molar-refractivity contribution is 7.09. The number of carbonyl (C=O) groups excluding carboxylic acids is 1. The predicted octanol–water partition coefficient (Wildman–Crippen LogP) is 5.27. The summed E-state index contributed by atoms with van der Waals surface area (Å²) in [7, 11) is 0. The minimum Gasteiger partial charge on any atom is -0.458 e. The van der Waals surface area contributed by atoms with Crippen LogP contribution in [0.25, 0.3) is 11.5 Å². The number of nitrogens with one attached hydrogen (secondary N) is 1. The highest BCUT2D eigenvalue weighted by Crippen LogP contribution is 2.43. The van der Waals surface area contributed by atoms with Crippen molar-refractivity contribution in [3.63, 3.8) is 0 Å². The lowest BCUT2D eigenvalue weighted by atomic mass is 9.87. The van der Waals surface area contributed by atoms with Crippen LogP contribution in [0, 0.1) is 6.92 Å². The SMILES string of the molecule is Cc1nc(-c2ccc(CNC(=O)C3c4ccccc4Oc4ccccc43)o2)cs1. The van der Waals surface area contributed by atoms with Gasteiger partial charge >= 0.3 is 0 Å². The van der Waals surface area contributed by atoms with E-state index < -0.39 is 5.92 Å². The largest absolute Gasteiger partial charge is 0.458 e. The van der Waals surface area contributed by atoms with Gasteiger partial charge in [0.25, 0.3) is 0 Å². The van der Waals surface area contributed by atoms with Gasteiger partial charge in [0, 0.05) is 16.5 Å². The molecule has 1 aliphatic heterocycles. The summed E-state index contributed by atoms with van der Waals surface area (Å²) in [6, 6.07) is 19.1. The minimum atomic E-state index is -0.424. The van der Waals surface area contributed by atoms with Crippen LogP contribution in [0.4, 0.5) is 0 Å². The van der Waals surface area contributed by atoms with E-state index >= 15 is 0 Å². The van der Waals surface area contributed by atoms with Crippen molar-refractivity contribution in [1.82, 2.24) is 10.3 Å². The highest BCUT2D eigenvalue weighted by atomic mass is 32.1. The minimum absolute atomic E-state index is 0.0874. The Morgan fingerprint density at radius 2 is 1.72 bits per heavy atom. The van der Waals surface area contributed by atoms with Crippen molar-refractivity contribution in [1.29, 1.82) is 0 Å². The number of aryl methyl sites for hydroxylation is 1. The van der Waals surface area contributed by atoms with Gasteiger partial charge in [-0.25, -0.2) is 4.98 Å². The van der Waals surface area contributed by atoms with Crippen molar-refractivity contribution in [2.75, 3.05) is 0 Å². The number of para-hydroxylation sites is 2. The zero-order chi connectivity index (χ0) is 19.8. The Kier molecular flexibility index (Phi) is 4.41. The fraction of sp³-hybridized carbons (Fsp3) is 0.130. The second-order valence-corrected chi connectivity index (χ2v) is 7.91. The van der Waals surface area contributed by atoms with Crippen molar-refractivity contribution in [2.45, 2.75) is 19.4 Å². The lowest BCUT2D eigenvalue weighted by molar-refractivity contribution is -0.122. The summed E-state index contributed by atoms with van der Waals surface area (Å²) >= 11 is 1.58. The number of ether oxygens (including phenoxy) is 1. The first kappa shape index (κ1) is 17.7. The van der Waals surface area contributed by atoms with E-state index in [-0.39, 0.29) is 5.91 Å². The van der Waals surface area contributed by atoms with Crippen molar-refractivity contribution < 1.29 is 13.9 Å².